The Balaban J connectivity index is 2.20. The number of rotatable bonds is 7. The Morgan fingerprint density at radius 1 is 1.14 bits per heavy atom. The molecule has 1 N–H and O–H groups in total. The van der Waals surface area contributed by atoms with Crippen LogP contribution >= 0.6 is 0 Å². The van der Waals surface area contributed by atoms with Gasteiger partial charge >= 0.3 is 0 Å². The molecule has 0 spiro atoms. The van der Waals surface area contributed by atoms with Crippen molar-refractivity contribution in [3.05, 3.63) is 42.1 Å². The maximum atomic E-state index is 4.68. The highest BCUT2D eigenvalue weighted by atomic mass is 15.3. The van der Waals surface area contributed by atoms with E-state index in [4.69, 9.17) is 0 Å². The summed E-state index contributed by atoms with van der Waals surface area (Å²) in [6, 6.07) is 12.3. The first-order valence-electron chi connectivity index (χ1n) is 8.02. The van der Waals surface area contributed by atoms with Crippen molar-refractivity contribution < 1.29 is 0 Å². The summed E-state index contributed by atoms with van der Waals surface area (Å²) < 4.78 is 0. The van der Waals surface area contributed by atoms with Gasteiger partial charge in [0.2, 0.25) is 5.95 Å². The minimum absolute atomic E-state index is 0.686. The van der Waals surface area contributed by atoms with E-state index in [0.717, 1.165) is 42.7 Å². The maximum absolute atomic E-state index is 4.68. The van der Waals surface area contributed by atoms with Gasteiger partial charge in [-0.05, 0) is 38.3 Å². The molecule has 0 atom stereocenters. The fourth-order valence-corrected chi connectivity index (χ4v) is 2.30. The molecule has 0 aliphatic heterocycles. The van der Waals surface area contributed by atoms with Crippen LogP contribution in [0.5, 0.6) is 0 Å². The second kappa shape index (κ2) is 7.78. The summed E-state index contributed by atoms with van der Waals surface area (Å²) in [4.78, 5) is 11.4. The average molecular weight is 298 g/mol. The van der Waals surface area contributed by atoms with Gasteiger partial charge in [0.15, 0.2) is 0 Å². The Morgan fingerprint density at radius 3 is 2.50 bits per heavy atom. The van der Waals surface area contributed by atoms with Gasteiger partial charge in [-0.3, -0.25) is 0 Å². The van der Waals surface area contributed by atoms with Crippen molar-refractivity contribution in [1.29, 1.82) is 0 Å². The normalized spacial score (nSPS) is 10.8. The second-order valence-corrected chi connectivity index (χ2v) is 5.88. The maximum Gasteiger partial charge on any atom is 0.232 e. The lowest BCUT2D eigenvalue weighted by Gasteiger charge is -2.22. The van der Waals surface area contributed by atoms with Crippen molar-refractivity contribution in [2.24, 2.45) is 5.92 Å². The van der Waals surface area contributed by atoms with Gasteiger partial charge in [0.1, 0.15) is 5.82 Å². The lowest BCUT2D eigenvalue weighted by Crippen LogP contribution is -2.20. The van der Waals surface area contributed by atoms with Crippen molar-refractivity contribution in [3.63, 3.8) is 0 Å². The zero-order chi connectivity index (χ0) is 15.9. The van der Waals surface area contributed by atoms with Crippen LogP contribution in [0.1, 0.15) is 32.9 Å². The zero-order valence-electron chi connectivity index (χ0n) is 14.0. The minimum Gasteiger partial charge on any atom is -0.370 e. The van der Waals surface area contributed by atoms with Gasteiger partial charge < -0.3 is 10.2 Å². The third-order valence-corrected chi connectivity index (χ3v) is 3.50. The van der Waals surface area contributed by atoms with Crippen LogP contribution in [0.4, 0.5) is 17.5 Å². The lowest BCUT2D eigenvalue weighted by atomic mass is 10.1. The molecule has 0 fully saturated rings. The molecule has 2 aromatic rings. The van der Waals surface area contributed by atoms with Crippen LogP contribution < -0.4 is 10.2 Å². The first-order valence-corrected chi connectivity index (χ1v) is 8.02. The van der Waals surface area contributed by atoms with Crippen molar-refractivity contribution in [2.75, 3.05) is 23.3 Å². The molecule has 118 valence electrons. The van der Waals surface area contributed by atoms with Crippen LogP contribution in [-0.2, 0) is 0 Å². The topological polar surface area (TPSA) is 41.1 Å². The fourth-order valence-electron chi connectivity index (χ4n) is 2.30. The Kier molecular flexibility index (Phi) is 5.75. The molecular weight excluding hydrogens is 272 g/mol. The number of aryl methyl sites for hydroxylation is 1. The van der Waals surface area contributed by atoms with E-state index in [1.807, 2.05) is 31.2 Å². The Hall–Kier alpha value is -2.10. The van der Waals surface area contributed by atoms with Gasteiger partial charge in [-0.2, -0.15) is 4.98 Å². The fraction of sp³-hybridized carbons (Fsp3) is 0.444. The van der Waals surface area contributed by atoms with E-state index in [2.05, 4.69) is 53.1 Å². The number of nitrogens with zero attached hydrogens (tertiary/aromatic N) is 3. The summed E-state index contributed by atoms with van der Waals surface area (Å²) in [5.41, 5.74) is 2.09. The van der Waals surface area contributed by atoms with E-state index in [9.17, 15) is 0 Å². The van der Waals surface area contributed by atoms with Crippen LogP contribution in [-0.4, -0.2) is 23.1 Å². The molecule has 0 amide bonds. The molecule has 2 rings (SSSR count). The second-order valence-electron chi connectivity index (χ2n) is 5.88. The van der Waals surface area contributed by atoms with E-state index < -0.39 is 0 Å². The van der Waals surface area contributed by atoms with Gasteiger partial charge in [-0.25, -0.2) is 4.98 Å². The molecule has 4 nitrogen and oxygen atoms in total. The van der Waals surface area contributed by atoms with Crippen molar-refractivity contribution >= 4 is 17.5 Å². The van der Waals surface area contributed by atoms with Crippen molar-refractivity contribution in [1.82, 2.24) is 9.97 Å². The molecule has 4 heteroatoms. The largest absolute Gasteiger partial charge is 0.370 e. The SMILES string of the molecule is CCN(c1ccccc1)c1nc(C)cc(NCCC(C)C)n1. The number of hydrogen-bond acceptors (Lipinski definition) is 4. The lowest BCUT2D eigenvalue weighted by molar-refractivity contribution is 0.606. The van der Waals surface area contributed by atoms with Crippen molar-refractivity contribution in [2.45, 2.75) is 34.1 Å². The van der Waals surface area contributed by atoms with Gasteiger partial charge in [0.05, 0.1) is 0 Å². The third kappa shape index (κ3) is 4.45. The predicted octanol–water partition coefficient (Wildman–Crippen LogP) is 4.40. The van der Waals surface area contributed by atoms with Crippen molar-refractivity contribution in [3.8, 4) is 0 Å². The first-order chi connectivity index (χ1) is 10.6. The van der Waals surface area contributed by atoms with Gasteiger partial charge in [0, 0.05) is 30.5 Å². The molecule has 1 aromatic carbocycles. The number of benzene rings is 1. The molecule has 0 saturated carbocycles. The molecule has 0 aliphatic rings. The van der Waals surface area contributed by atoms with Crippen LogP contribution in [0.2, 0.25) is 0 Å². The van der Waals surface area contributed by atoms with Crippen LogP contribution in [0.15, 0.2) is 36.4 Å². The summed E-state index contributed by atoms with van der Waals surface area (Å²) in [6.07, 6.45) is 1.13. The summed E-state index contributed by atoms with van der Waals surface area (Å²) in [5.74, 6) is 2.34. The first kappa shape index (κ1) is 16.3. The van der Waals surface area contributed by atoms with Gasteiger partial charge in [-0.15, -0.1) is 0 Å². The average Bonchev–Trinajstić information content (AvgIpc) is 2.48. The number of nitrogens with one attached hydrogen (secondary N) is 1. The molecule has 0 bridgehead atoms. The summed E-state index contributed by atoms with van der Waals surface area (Å²) >= 11 is 0. The number of anilines is 3. The van der Waals surface area contributed by atoms with E-state index in [0.29, 0.717) is 5.92 Å². The van der Waals surface area contributed by atoms with Gasteiger partial charge in [0.25, 0.3) is 0 Å². The molecule has 1 heterocycles. The standard InChI is InChI=1S/C18H26N4/c1-5-22(16-9-7-6-8-10-16)18-20-15(4)13-17(21-18)19-12-11-14(2)3/h6-10,13-14H,5,11-12H2,1-4H3,(H,19,20,21). The Morgan fingerprint density at radius 2 is 1.86 bits per heavy atom. The highest BCUT2D eigenvalue weighted by molar-refractivity contribution is 5.58. The minimum atomic E-state index is 0.686. The molecule has 22 heavy (non-hydrogen) atoms. The summed E-state index contributed by atoms with van der Waals surface area (Å²) in [5, 5.41) is 3.41. The quantitative estimate of drug-likeness (QED) is 0.822. The zero-order valence-corrected chi connectivity index (χ0v) is 14.0. The molecule has 0 radical (unpaired) electrons. The monoisotopic (exact) mass is 298 g/mol. The Labute approximate surface area is 133 Å². The highest BCUT2D eigenvalue weighted by Gasteiger charge is 2.11. The van der Waals surface area contributed by atoms with E-state index in [-0.39, 0.29) is 0 Å². The Bertz CT molecular complexity index is 581. The summed E-state index contributed by atoms with van der Waals surface area (Å²) in [6.45, 7) is 10.4. The molecule has 0 aliphatic carbocycles. The third-order valence-electron chi connectivity index (χ3n) is 3.50. The highest BCUT2D eigenvalue weighted by Crippen LogP contribution is 2.23. The van der Waals surface area contributed by atoms with Crippen LogP contribution in [0, 0.1) is 12.8 Å². The van der Waals surface area contributed by atoms with E-state index >= 15 is 0 Å². The molecule has 0 unspecified atom stereocenters. The van der Waals surface area contributed by atoms with E-state index in [1.54, 1.807) is 0 Å². The molecule has 1 aromatic heterocycles. The molecular formula is C18H26N4. The van der Waals surface area contributed by atoms with Crippen LogP contribution in [0.25, 0.3) is 0 Å². The summed E-state index contributed by atoms with van der Waals surface area (Å²) in [7, 11) is 0. The van der Waals surface area contributed by atoms with Gasteiger partial charge in [-0.1, -0.05) is 32.0 Å². The van der Waals surface area contributed by atoms with E-state index in [1.165, 1.54) is 0 Å². The number of para-hydroxylation sites is 1. The van der Waals surface area contributed by atoms with Crippen LogP contribution in [0.3, 0.4) is 0 Å². The molecule has 0 saturated heterocycles. The smallest absolute Gasteiger partial charge is 0.232 e. The number of hydrogen-bond donors (Lipinski definition) is 1. The predicted molar refractivity (Wildman–Crippen MR) is 93.8 cm³/mol. The number of aromatic nitrogens is 2.